The molecule has 0 unspecified atom stereocenters. The summed E-state index contributed by atoms with van der Waals surface area (Å²) in [5.74, 6) is 0. The van der Waals surface area contributed by atoms with E-state index in [1.54, 1.807) is 0 Å². The summed E-state index contributed by atoms with van der Waals surface area (Å²) in [6.07, 6.45) is 0. The molecule has 0 radical (unpaired) electrons. The molecular weight excluding hydrogens is 1030 g/mol. The summed E-state index contributed by atoms with van der Waals surface area (Å²) >= 11 is 0. The molecule has 11 aromatic carbocycles. The van der Waals surface area contributed by atoms with Crippen LogP contribution in [0.5, 0.6) is 0 Å². The highest BCUT2D eigenvalue weighted by Gasteiger charge is 2.53. The van der Waals surface area contributed by atoms with Crippen molar-refractivity contribution in [3.8, 4) is 44.5 Å². The average molecular weight is 1090 g/mol. The van der Waals surface area contributed by atoms with E-state index < -0.39 is 5.41 Å². The van der Waals surface area contributed by atoms with Gasteiger partial charge in [-0.15, -0.1) is 0 Å². The topological polar surface area (TPSA) is 19.6 Å². The molecule has 3 nitrogen and oxygen atoms in total. The first-order chi connectivity index (χ1) is 39.8. The lowest BCUT2D eigenvalue weighted by molar-refractivity contribution is 0.590. The van der Waals surface area contributed by atoms with Crippen molar-refractivity contribution in [1.29, 1.82) is 0 Å². The highest BCUT2D eigenvalue weighted by molar-refractivity contribution is 6.52. The Morgan fingerprint density at radius 3 is 1.34 bits per heavy atom. The Balaban J connectivity index is 0.985. The third kappa shape index (κ3) is 8.35. The van der Waals surface area contributed by atoms with Crippen LogP contribution in [-0.2, 0) is 16.2 Å². The zero-order chi connectivity index (χ0) is 56.1. The van der Waals surface area contributed by atoms with Crippen LogP contribution in [-0.4, -0.2) is 19.0 Å². The van der Waals surface area contributed by atoms with Crippen molar-refractivity contribution < 1.29 is 4.42 Å². The Kier molecular flexibility index (Phi) is 12.4. The first-order valence-corrected chi connectivity index (χ1v) is 33.6. The lowest BCUT2D eigenvalue weighted by Crippen LogP contribution is -2.26. The fraction of sp³-hybridized carbons (Fsp3) is 0.143. The van der Waals surface area contributed by atoms with Gasteiger partial charge in [-0.25, -0.2) is 0 Å². The van der Waals surface area contributed by atoms with E-state index in [-0.39, 0.29) is 29.9 Å². The van der Waals surface area contributed by atoms with Crippen LogP contribution in [0.1, 0.15) is 74.9 Å². The molecular formula is C77H68N2OSi2. The van der Waals surface area contributed by atoms with E-state index in [0.717, 1.165) is 78.3 Å². The maximum Gasteiger partial charge on any atom is 0.144 e. The molecule has 5 heteroatoms. The summed E-state index contributed by atoms with van der Waals surface area (Å²) in [5.41, 5.74) is 25.3. The predicted octanol–water partition coefficient (Wildman–Crippen LogP) is 18.5. The molecule has 0 bridgehead atoms. The Labute approximate surface area is 488 Å². The van der Waals surface area contributed by atoms with Crippen LogP contribution in [0.4, 0.5) is 34.1 Å². The molecule has 82 heavy (non-hydrogen) atoms. The number of nitrogens with zero attached hydrogens (tertiary/aromatic N) is 2. The summed E-state index contributed by atoms with van der Waals surface area (Å²) in [4.78, 5) is 4.85. The van der Waals surface area contributed by atoms with E-state index in [4.69, 9.17) is 4.42 Å². The van der Waals surface area contributed by atoms with Crippen molar-refractivity contribution in [1.82, 2.24) is 0 Å². The van der Waals surface area contributed by atoms with Gasteiger partial charge in [-0.05, 0) is 174 Å². The molecule has 0 saturated carbocycles. The zero-order valence-electron chi connectivity index (χ0n) is 48.3. The van der Waals surface area contributed by atoms with E-state index in [1.807, 2.05) is 0 Å². The second-order valence-electron chi connectivity index (χ2n) is 24.7. The first kappa shape index (κ1) is 51.4. The molecule has 0 aliphatic heterocycles. The fourth-order valence-electron chi connectivity index (χ4n) is 13.4. The largest absolute Gasteiger partial charge is 0.455 e. The van der Waals surface area contributed by atoms with Gasteiger partial charge in [-0.2, -0.15) is 0 Å². The standard InChI is InChI=1S/C77H68N2OSi2/c1-75(2,3)52-28-32-54(33-29-52)78(56-36-40-60(81-7)41-37-56)58-19-15-17-49(45-58)50-27-44-64-69(47-50)77(67-24-12-9-21-62(67)63-22-10-13-25-68(63)77)70-48-66(72-65-23-11-14-26-71(65)80-74(72)73(64)70)51-18-16-20-59(46-51)79(57-38-42-61(82-8)43-39-57)55-34-30-53(31-35-55)76(4,5)6/h9-48H,81-82H2,1-8H3. The van der Waals surface area contributed by atoms with E-state index >= 15 is 0 Å². The number of hydrogen-bond acceptors (Lipinski definition) is 3. The smallest absolute Gasteiger partial charge is 0.144 e. The highest BCUT2D eigenvalue weighted by atomic mass is 28.2. The van der Waals surface area contributed by atoms with Gasteiger partial charge in [0, 0.05) is 50.5 Å². The third-order valence-electron chi connectivity index (χ3n) is 17.7. The monoisotopic (exact) mass is 1090 g/mol. The zero-order valence-corrected chi connectivity index (χ0v) is 51.1. The number of anilines is 6. The minimum Gasteiger partial charge on any atom is -0.455 e. The molecule has 2 aliphatic carbocycles. The number of rotatable bonds is 10. The molecule has 0 atom stereocenters. The van der Waals surface area contributed by atoms with E-state index in [1.165, 1.54) is 66.0 Å². The average Bonchev–Trinajstić information content (AvgIpc) is 1.72. The predicted molar refractivity (Wildman–Crippen MR) is 356 cm³/mol. The minimum absolute atomic E-state index is 0.0389. The van der Waals surface area contributed by atoms with E-state index in [0.29, 0.717) is 0 Å². The van der Waals surface area contributed by atoms with E-state index in [2.05, 4.69) is 307 Å². The minimum atomic E-state index is -0.651. The van der Waals surface area contributed by atoms with Gasteiger partial charge in [0.1, 0.15) is 11.2 Å². The summed E-state index contributed by atoms with van der Waals surface area (Å²) in [5, 5.41) is 5.16. The highest BCUT2D eigenvalue weighted by Crippen LogP contribution is 2.65. The number of fused-ring (bicyclic) bond motifs is 14. The van der Waals surface area contributed by atoms with Gasteiger partial charge in [0.15, 0.2) is 0 Å². The van der Waals surface area contributed by atoms with Crippen LogP contribution < -0.4 is 20.2 Å². The van der Waals surface area contributed by atoms with Crippen molar-refractivity contribution in [2.24, 2.45) is 0 Å². The van der Waals surface area contributed by atoms with Crippen molar-refractivity contribution in [3.05, 3.63) is 276 Å². The van der Waals surface area contributed by atoms with Crippen LogP contribution >= 0.6 is 0 Å². The van der Waals surface area contributed by atoms with Gasteiger partial charge in [0.25, 0.3) is 0 Å². The van der Waals surface area contributed by atoms with Gasteiger partial charge in [-0.3, -0.25) is 0 Å². The lowest BCUT2D eigenvalue weighted by atomic mass is 9.69. The van der Waals surface area contributed by atoms with Gasteiger partial charge in [0.2, 0.25) is 0 Å². The lowest BCUT2D eigenvalue weighted by Gasteiger charge is -2.31. The summed E-state index contributed by atoms with van der Waals surface area (Å²) in [6.45, 7) is 18.4. The van der Waals surface area contributed by atoms with Crippen LogP contribution in [0.3, 0.4) is 0 Å². The summed E-state index contributed by atoms with van der Waals surface area (Å²) < 4.78 is 7.34. The van der Waals surface area contributed by atoms with Crippen molar-refractivity contribution in [2.45, 2.75) is 70.9 Å². The quantitative estimate of drug-likeness (QED) is 0.127. The Morgan fingerprint density at radius 1 is 0.354 bits per heavy atom. The number of furan rings is 1. The molecule has 0 saturated heterocycles. The summed E-state index contributed by atoms with van der Waals surface area (Å²) in [7, 11) is -0.611. The van der Waals surface area contributed by atoms with Crippen LogP contribution in [0.15, 0.2) is 247 Å². The van der Waals surface area contributed by atoms with Crippen molar-refractivity contribution >= 4 is 85.5 Å². The van der Waals surface area contributed by atoms with Crippen molar-refractivity contribution in [2.75, 3.05) is 9.80 Å². The Morgan fingerprint density at radius 2 is 0.817 bits per heavy atom. The second kappa shape index (κ2) is 19.8. The molecule has 1 heterocycles. The Hall–Kier alpha value is -8.75. The van der Waals surface area contributed by atoms with Gasteiger partial charge in [-0.1, -0.05) is 217 Å². The molecule has 400 valence electrons. The molecule has 12 aromatic rings. The number of para-hydroxylation sites is 1. The third-order valence-corrected chi connectivity index (χ3v) is 20.3. The molecule has 0 amide bonds. The maximum absolute atomic E-state index is 7.34. The van der Waals surface area contributed by atoms with Gasteiger partial charge >= 0.3 is 0 Å². The molecule has 2 aliphatic rings. The molecule has 14 rings (SSSR count). The molecule has 1 spiro atoms. The molecule has 1 aromatic heterocycles. The fourth-order valence-corrected chi connectivity index (χ4v) is 14.8. The van der Waals surface area contributed by atoms with Crippen LogP contribution in [0.25, 0.3) is 66.4 Å². The van der Waals surface area contributed by atoms with Crippen LogP contribution in [0, 0.1) is 0 Å². The molecule has 0 N–H and O–H groups in total. The summed E-state index contributed by atoms with van der Waals surface area (Å²) in [6, 6.07) is 92.0. The second-order valence-corrected chi connectivity index (χ2v) is 27.7. The molecule has 0 fully saturated rings. The number of hydrogen-bond donors (Lipinski definition) is 0. The normalized spacial score (nSPS) is 13.4. The maximum atomic E-state index is 7.34. The first-order valence-electron chi connectivity index (χ1n) is 29.3. The van der Waals surface area contributed by atoms with Gasteiger partial charge in [0.05, 0.1) is 24.5 Å². The van der Waals surface area contributed by atoms with Gasteiger partial charge < -0.3 is 14.2 Å². The van der Waals surface area contributed by atoms with Crippen LogP contribution in [0.2, 0.25) is 13.1 Å². The Bertz CT molecular complexity index is 4380. The van der Waals surface area contributed by atoms with Crippen molar-refractivity contribution in [3.63, 3.8) is 0 Å². The number of benzene rings is 11. The SMILES string of the molecule is C[SiH2]c1ccc(N(c2ccc(C(C)(C)C)cc2)c2cccc(-c3ccc4c(c3)C3(c5ccccc5-c5ccccc53)c3cc(-c5cccc(N(c6ccc([SiH2]C)cc6)c6ccc(C(C)(C)C)cc6)c5)c5c(oc6ccccc65)c3-4)c2)cc1. The van der Waals surface area contributed by atoms with E-state index in [9.17, 15) is 0 Å².